The number of carbonyl (C=O) groups is 1. The maximum Gasteiger partial charge on any atom is 0.410 e. The summed E-state index contributed by atoms with van der Waals surface area (Å²) >= 11 is 0. The summed E-state index contributed by atoms with van der Waals surface area (Å²) in [4.78, 5) is 26.1. The van der Waals surface area contributed by atoms with Crippen molar-refractivity contribution in [3.8, 4) is 11.1 Å². The number of likely N-dealkylation sites (tertiary alicyclic amines) is 1. The van der Waals surface area contributed by atoms with Gasteiger partial charge in [-0.05, 0) is 20.8 Å². The third-order valence-corrected chi connectivity index (χ3v) is 4.09. The van der Waals surface area contributed by atoms with E-state index in [1.54, 1.807) is 51.1 Å². The molecule has 0 bridgehead atoms. The van der Waals surface area contributed by atoms with Crippen molar-refractivity contribution in [3.63, 3.8) is 0 Å². The lowest BCUT2D eigenvalue weighted by Crippen LogP contribution is -2.36. The van der Waals surface area contributed by atoms with E-state index in [2.05, 4.69) is 10.2 Å². The van der Waals surface area contributed by atoms with E-state index in [-0.39, 0.29) is 18.6 Å². The van der Waals surface area contributed by atoms with E-state index < -0.39 is 23.8 Å². The van der Waals surface area contributed by atoms with E-state index in [0.29, 0.717) is 5.56 Å². The molecule has 9 nitrogen and oxygen atoms in total. The Balaban J connectivity index is 1.79. The van der Waals surface area contributed by atoms with E-state index in [1.165, 1.54) is 15.6 Å². The molecule has 1 N–H and O–H groups in total. The summed E-state index contributed by atoms with van der Waals surface area (Å²) in [7, 11) is 1.79. The summed E-state index contributed by atoms with van der Waals surface area (Å²) in [6.07, 6.45) is 3.59. The second kappa shape index (κ2) is 6.56. The van der Waals surface area contributed by atoms with E-state index in [4.69, 9.17) is 4.74 Å². The van der Waals surface area contributed by atoms with Crippen LogP contribution in [-0.2, 0) is 11.8 Å². The van der Waals surface area contributed by atoms with Gasteiger partial charge in [0.1, 0.15) is 11.6 Å². The van der Waals surface area contributed by atoms with E-state index in [0.717, 1.165) is 5.56 Å². The number of aryl methyl sites for hydroxylation is 1. The molecule has 1 aliphatic rings. The number of hydrogen-bond acceptors (Lipinski definition) is 6. The highest BCUT2D eigenvalue weighted by Gasteiger charge is 2.38. The number of carbonyl (C=O) groups excluding carboxylic acids is 1. The Hall–Kier alpha value is -2.68. The van der Waals surface area contributed by atoms with Gasteiger partial charge in [0.05, 0.1) is 25.0 Å². The second-order valence-corrected chi connectivity index (χ2v) is 7.45. The van der Waals surface area contributed by atoms with Crippen molar-refractivity contribution in [2.75, 3.05) is 13.1 Å². The van der Waals surface area contributed by atoms with Crippen molar-refractivity contribution in [1.82, 2.24) is 24.5 Å². The van der Waals surface area contributed by atoms with Crippen LogP contribution in [0.15, 0.2) is 29.5 Å². The summed E-state index contributed by atoms with van der Waals surface area (Å²) in [5, 5.41) is 18.6. The molecule has 1 amide bonds. The molecule has 0 unspecified atom stereocenters. The maximum absolute atomic E-state index is 12.5. The van der Waals surface area contributed by atoms with Crippen LogP contribution in [0.3, 0.4) is 0 Å². The Labute approximate surface area is 150 Å². The molecule has 2 aromatic rings. The summed E-state index contributed by atoms with van der Waals surface area (Å²) in [5.74, 6) is 0. The molecule has 0 saturated carbocycles. The average molecular weight is 361 g/mol. The fraction of sp³-hybridized carbons (Fsp3) is 0.529. The molecule has 3 rings (SSSR count). The Morgan fingerprint density at radius 2 is 1.92 bits per heavy atom. The second-order valence-electron chi connectivity index (χ2n) is 7.45. The third-order valence-electron chi connectivity index (χ3n) is 4.09. The summed E-state index contributed by atoms with van der Waals surface area (Å²) in [6, 6.07) is 0.838. The van der Waals surface area contributed by atoms with Gasteiger partial charge in [0.25, 0.3) is 5.56 Å². The van der Waals surface area contributed by atoms with Gasteiger partial charge in [0.15, 0.2) is 0 Å². The van der Waals surface area contributed by atoms with Gasteiger partial charge < -0.3 is 14.7 Å². The Bertz CT molecular complexity index is 867. The molecule has 2 atom stereocenters. The van der Waals surface area contributed by atoms with Crippen molar-refractivity contribution >= 4 is 6.09 Å². The molecule has 0 radical (unpaired) electrons. The summed E-state index contributed by atoms with van der Waals surface area (Å²) < 4.78 is 8.18. The van der Waals surface area contributed by atoms with Crippen LogP contribution in [0.5, 0.6) is 0 Å². The van der Waals surface area contributed by atoms with Gasteiger partial charge >= 0.3 is 6.09 Å². The number of aliphatic hydroxyl groups excluding tert-OH is 1. The number of ether oxygens (including phenoxy) is 1. The molecule has 1 fully saturated rings. The van der Waals surface area contributed by atoms with Crippen molar-refractivity contribution in [2.45, 2.75) is 38.5 Å². The zero-order valence-corrected chi connectivity index (χ0v) is 15.3. The standard InChI is InChI=1S/C17H23N5O4/c1-17(2,3)26-16(25)21-9-13(14(23)10-21)22-15(24)5-11(6-19-22)12-7-18-20(4)8-12/h5-8,13-14,23H,9-10H2,1-4H3/t13-,14-/m1/s1. The highest BCUT2D eigenvalue weighted by Crippen LogP contribution is 2.23. The van der Waals surface area contributed by atoms with Gasteiger partial charge in [-0.3, -0.25) is 9.48 Å². The van der Waals surface area contributed by atoms with Crippen LogP contribution in [-0.4, -0.2) is 60.5 Å². The van der Waals surface area contributed by atoms with Crippen LogP contribution in [0.2, 0.25) is 0 Å². The predicted molar refractivity (Wildman–Crippen MR) is 93.5 cm³/mol. The number of amides is 1. The Morgan fingerprint density at radius 1 is 1.23 bits per heavy atom. The minimum Gasteiger partial charge on any atom is -0.444 e. The molecule has 1 aliphatic heterocycles. The summed E-state index contributed by atoms with van der Waals surface area (Å²) in [6.45, 7) is 5.58. The van der Waals surface area contributed by atoms with Crippen molar-refractivity contribution in [2.24, 2.45) is 7.05 Å². The quantitative estimate of drug-likeness (QED) is 0.849. The monoisotopic (exact) mass is 361 g/mol. The van der Waals surface area contributed by atoms with E-state index >= 15 is 0 Å². The van der Waals surface area contributed by atoms with E-state index in [9.17, 15) is 14.7 Å². The van der Waals surface area contributed by atoms with Crippen molar-refractivity contribution in [3.05, 3.63) is 35.0 Å². The molecule has 2 aromatic heterocycles. The van der Waals surface area contributed by atoms with Crippen LogP contribution in [0.4, 0.5) is 4.79 Å². The average Bonchev–Trinajstić information content (AvgIpc) is 3.12. The first kappa shape index (κ1) is 18.1. The van der Waals surface area contributed by atoms with Crippen molar-refractivity contribution in [1.29, 1.82) is 0 Å². The molecule has 26 heavy (non-hydrogen) atoms. The highest BCUT2D eigenvalue weighted by atomic mass is 16.6. The number of aliphatic hydroxyl groups is 1. The SMILES string of the molecule is Cn1cc(-c2cnn([C@@H]3CN(C(=O)OC(C)(C)C)C[C@H]3O)c(=O)c2)cn1. The number of rotatable bonds is 2. The molecule has 1 saturated heterocycles. The number of aromatic nitrogens is 4. The molecule has 0 spiro atoms. The minimum absolute atomic E-state index is 0.0953. The lowest BCUT2D eigenvalue weighted by atomic mass is 10.2. The molecule has 3 heterocycles. The van der Waals surface area contributed by atoms with Gasteiger partial charge in [-0.1, -0.05) is 0 Å². The lowest BCUT2D eigenvalue weighted by molar-refractivity contribution is 0.0269. The van der Waals surface area contributed by atoms with Gasteiger partial charge in [-0.2, -0.15) is 10.2 Å². The molecule has 9 heteroatoms. The molecular weight excluding hydrogens is 338 g/mol. The summed E-state index contributed by atoms with van der Waals surface area (Å²) in [5.41, 5.74) is 0.462. The molecule has 140 valence electrons. The first-order valence-corrected chi connectivity index (χ1v) is 8.38. The van der Waals surface area contributed by atoms with Gasteiger partial charge in [-0.15, -0.1) is 0 Å². The van der Waals surface area contributed by atoms with Crippen LogP contribution >= 0.6 is 0 Å². The molecule has 0 aliphatic carbocycles. The third kappa shape index (κ3) is 3.77. The topological polar surface area (TPSA) is 102 Å². The van der Waals surface area contributed by atoms with Gasteiger partial charge in [0, 0.05) is 37.0 Å². The van der Waals surface area contributed by atoms with Gasteiger partial charge in [-0.25, -0.2) is 9.48 Å². The number of β-amino-alcohol motifs (C(OH)–C–C–N with tert-alkyl or cyclic N) is 1. The normalized spacial score (nSPS) is 20.4. The fourth-order valence-corrected chi connectivity index (χ4v) is 2.88. The minimum atomic E-state index is -0.892. The van der Waals surface area contributed by atoms with E-state index in [1.807, 2.05) is 0 Å². The fourth-order valence-electron chi connectivity index (χ4n) is 2.88. The van der Waals surface area contributed by atoms with Crippen LogP contribution in [0.25, 0.3) is 11.1 Å². The predicted octanol–water partition coefficient (Wildman–Crippen LogP) is 0.796. The first-order chi connectivity index (χ1) is 12.1. The molecular formula is C17H23N5O4. The molecule has 0 aromatic carbocycles. The largest absolute Gasteiger partial charge is 0.444 e. The number of hydrogen-bond donors (Lipinski definition) is 1. The van der Waals surface area contributed by atoms with Crippen LogP contribution in [0, 0.1) is 0 Å². The highest BCUT2D eigenvalue weighted by molar-refractivity contribution is 5.68. The maximum atomic E-state index is 12.5. The Morgan fingerprint density at radius 3 is 2.50 bits per heavy atom. The zero-order chi connectivity index (χ0) is 19.1. The smallest absolute Gasteiger partial charge is 0.410 e. The van der Waals surface area contributed by atoms with Crippen LogP contribution in [0.1, 0.15) is 26.8 Å². The number of nitrogens with zero attached hydrogens (tertiary/aromatic N) is 5. The zero-order valence-electron chi connectivity index (χ0n) is 15.3. The lowest BCUT2D eigenvalue weighted by Gasteiger charge is -2.24. The van der Waals surface area contributed by atoms with Crippen LogP contribution < -0.4 is 5.56 Å². The van der Waals surface area contributed by atoms with Gasteiger partial charge in [0.2, 0.25) is 0 Å². The first-order valence-electron chi connectivity index (χ1n) is 8.38. The Kier molecular flexibility index (Phi) is 4.57. The van der Waals surface area contributed by atoms with Crippen molar-refractivity contribution < 1.29 is 14.6 Å².